The van der Waals surface area contributed by atoms with Crippen molar-refractivity contribution >= 4 is 6.03 Å². The summed E-state index contributed by atoms with van der Waals surface area (Å²) in [4.78, 5) is 14.5. The SMILES string of the molecule is CC(CNC(=O)N1CCCCC1c1cn[nH]c1)Cn1cccn1. The van der Waals surface area contributed by atoms with Crippen LogP contribution in [0.15, 0.2) is 30.9 Å². The zero-order valence-corrected chi connectivity index (χ0v) is 13.5. The zero-order chi connectivity index (χ0) is 16.1. The third-order valence-corrected chi connectivity index (χ3v) is 4.33. The number of amides is 2. The number of nitrogens with one attached hydrogen (secondary N) is 2. The lowest BCUT2D eigenvalue weighted by Crippen LogP contribution is -2.45. The number of hydrogen-bond donors (Lipinski definition) is 2. The molecule has 2 unspecified atom stereocenters. The molecule has 0 spiro atoms. The molecule has 0 saturated carbocycles. The van der Waals surface area contributed by atoms with Crippen molar-refractivity contribution in [3.63, 3.8) is 0 Å². The predicted octanol–water partition coefficient (Wildman–Crippen LogP) is 2.18. The number of aromatic nitrogens is 4. The highest BCUT2D eigenvalue weighted by Crippen LogP contribution is 2.30. The number of carbonyl (C=O) groups excluding carboxylic acids is 1. The van der Waals surface area contributed by atoms with Crippen LogP contribution in [-0.2, 0) is 6.54 Å². The first-order chi connectivity index (χ1) is 11.2. The zero-order valence-electron chi connectivity index (χ0n) is 13.5. The molecule has 2 aromatic rings. The number of likely N-dealkylation sites (tertiary alicyclic amines) is 1. The fourth-order valence-electron chi connectivity index (χ4n) is 3.12. The molecule has 2 amide bonds. The summed E-state index contributed by atoms with van der Waals surface area (Å²) >= 11 is 0. The molecule has 0 bridgehead atoms. The Hall–Kier alpha value is -2.31. The predicted molar refractivity (Wildman–Crippen MR) is 86.7 cm³/mol. The van der Waals surface area contributed by atoms with Crippen LogP contribution in [0.1, 0.15) is 37.8 Å². The summed E-state index contributed by atoms with van der Waals surface area (Å²) in [7, 11) is 0. The van der Waals surface area contributed by atoms with E-state index in [0.29, 0.717) is 12.5 Å². The van der Waals surface area contributed by atoms with Gasteiger partial charge in [-0.15, -0.1) is 0 Å². The van der Waals surface area contributed by atoms with E-state index >= 15 is 0 Å². The second-order valence-electron chi connectivity index (χ2n) is 6.26. The van der Waals surface area contributed by atoms with Gasteiger partial charge in [-0.3, -0.25) is 9.78 Å². The summed E-state index contributed by atoms with van der Waals surface area (Å²) in [6.07, 6.45) is 10.6. The Morgan fingerprint density at radius 1 is 1.52 bits per heavy atom. The van der Waals surface area contributed by atoms with Crippen LogP contribution in [0.4, 0.5) is 4.79 Å². The van der Waals surface area contributed by atoms with Gasteiger partial charge in [-0.1, -0.05) is 6.92 Å². The Morgan fingerprint density at radius 2 is 2.43 bits per heavy atom. The van der Waals surface area contributed by atoms with Crippen molar-refractivity contribution < 1.29 is 4.79 Å². The van der Waals surface area contributed by atoms with Crippen LogP contribution < -0.4 is 5.32 Å². The minimum Gasteiger partial charge on any atom is -0.338 e. The van der Waals surface area contributed by atoms with Gasteiger partial charge in [-0.2, -0.15) is 10.2 Å². The molecule has 3 rings (SSSR count). The van der Waals surface area contributed by atoms with E-state index in [0.717, 1.165) is 37.9 Å². The molecule has 23 heavy (non-hydrogen) atoms. The van der Waals surface area contributed by atoms with Crippen LogP contribution in [0.25, 0.3) is 0 Å². The van der Waals surface area contributed by atoms with E-state index in [1.807, 2.05) is 34.2 Å². The molecule has 7 heteroatoms. The fraction of sp³-hybridized carbons (Fsp3) is 0.562. The number of carbonyl (C=O) groups is 1. The maximum atomic E-state index is 12.6. The number of aromatic amines is 1. The van der Waals surface area contributed by atoms with Gasteiger partial charge in [0.2, 0.25) is 0 Å². The van der Waals surface area contributed by atoms with E-state index in [2.05, 4.69) is 27.5 Å². The number of nitrogens with zero attached hydrogens (tertiary/aromatic N) is 4. The van der Waals surface area contributed by atoms with Crippen molar-refractivity contribution in [3.8, 4) is 0 Å². The first-order valence-electron chi connectivity index (χ1n) is 8.24. The average Bonchev–Trinajstić information content (AvgIpc) is 3.26. The van der Waals surface area contributed by atoms with Gasteiger partial charge in [0.05, 0.1) is 12.2 Å². The van der Waals surface area contributed by atoms with E-state index in [1.54, 1.807) is 6.20 Å². The third kappa shape index (κ3) is 3.91. The average molecular weight is 316 g/mol. The first-order valence-corrected chi connectivity index (χ1v) is 8.24. The van der Waals surface area contributed by atoms with E-state index in [9.17, 15) is 4.79 Å². The number of H-pyrrole nitrogens is 1. The topological polar surface area (TPSA) is 78.8 Å². The van der Waals surface area contributed by atoms with Crippen LogP contribution in [0, 0.1) is 5.92 Å². The highest BCUT2D eigenvalue weighted by molar-refractivity contribution is 5.74. The van der Waals surface area contributed by atoms with Crippen molar-refractivity contribution in [1.29, 1.82) is 0 Å². The molecular formula is C16H24N6O. The Morgan fingerprint density at radius 3 is 3.17 bits per heavy atom. The summed E-state index contributed by atoms with van der Waals surface area (Å²) in [5.74, 6) is 0.330. The molecule has 2 atom stereocenters. The molecule has 0 radical (unpaired) electrons. The normalized spacial score (nSPS) is 19.5. The summed E-state index contributed by atoms with van der Waals surface area (Å²) in [5.41, 5.74) is 1.09. The van der Waals surface area contributed by atoms with Gasteiger partial charge >= 0.3 is 6.03 Å². The van der Waals surface area contributed by atoms with E-state index in [-0.39, 0.29) is 12.1 Å². The van der Waals surface area contributed by atoms with Gasteiger partial charge < -0.3 is 10.2 Å². The molecule has 0 aromatic carbocycles. The van der Waals surface area contributed by atoms with Gasteiger partial charge in [0.25, 0.3) is 0 Å². The van der Waals surface area contributed by atoms with E-state index < -0.39 is 0 Å². The van der Waals surface area contributed by atoms with Crippen molar-refractivity contribution in [2.45, 2.75) is 38.8 Å². The van der Waals surface area contributed by atoms with E-state index in [1.165, 1.54) is 0 Å². The molecule has 0 aliphatic carbocycles. The Labute approximate surface area is 136 Å². The number of piperidine rings is 1. The van der Waals surface area contributed by atoms with E-state index in [4.69, 9.17) is 0 Å². The highest BCUT2D eigenvalue weighted by Gasteiger charge is 2.28. The minimum atomic E-state index is 0.0169. The minimum absolute atomic E-state index is 0.0169. The second-order valence-corrected chi connectivity index (χ2v) is 6.26. The molecule has 3 heterocycles. The van der Waals surface area contributed by atoms with Crippen LogP contribution in [0.3, 0.4) is 0 Å². The maximum absolute atomic E-state index is 12.6. The lowest BCUT2D eigenvalue weighted by atomic mass is 9.98. The Bertz CT molecular complexity index is 594. The quantitative estimate of drug-likeness (QED) is 0.887. The van der Waals surface area contributed by atoms with Crippen molar-refractivity contribution in [1.82, 2.24) is 30.2 Å². The highest BCUT2D eigenvalue weighted by atomic mass is 16.2. The largest absolute Gasteiger partial charge is 0.338 e. The molecule has 7 nitrogen and oxygen atoms in total. The number of rotatable bonds is 5. The van der Waals surface area contributed by atoms with Crippen molar-refractivity contribution in [2.24, 2.45) is 5.92 Å². The van der Waals surface area contributed by atoms with Crippen molar-refractivity contribution in [3.05, 3.63) is 36.4 Å². The second kappa shape index (κ2) is 7.30. The monoisotopic (exact) mass is 316 g/mol. The van der Waals surface area contributed by atoms with Crippen molar-refractivity contribution in [2.75, 3.05) is 13.1 Å². The Kier molecular flexibility index (Phi) is 4.95. The molecule has 1 saturated heterocycles. The smallest absolute Gasteiger partial charge is 0.317 e. The lowest BCUT2D eigenvalue weighted by Gasteiger charge is -2.35. The van der Waals surface area contributed by atoms with Gasteiger partial charge in [0.15, 0.2) is 0 Å². The molecule has 2 aromatic heterocycles. The first kappa shape index (κ1) is 15.6. The van der Waals surface area contributed by atoms with Gasteiger partial charge in [-0.05, 0) is 31.2 Å². The molecule has 2 N–H and O–H groups in total. The van der Waals surface area contributed by atoms with Gasteiger partial charge in [0, 0.05) is 43.8 Å². The van der Waals surface area contributed by atoms with Crippen LogP contribution in [0.2, 0.25) is 0 Å². The lowest BCUT2D eigenvalue weighted by molar-refractivity contribution is 0.150. The Balaban J connectivity index is 1.53. The van der Waals surface area contributed by atoms with Gasteiger partial charge in [0.1, 0.15) is 0 Å². The standard InChI is InChI=1S/C16H24N6O/c1-13(12-21-7-4-6-20-21)9-17-16(23)22-8-3-2-5-15(22)14-10-18-19-11-14/h4,6-7,10-11,13,15H,2-3,5,8-9,12H2,1H3,(H,17,23)(H,18,19). The number of hydrogen-bond acceptors (Lipinski definition) is 3. The summed E-state index contributed by atoms with van der Waals surface area (Å²) in [6, 6.07) is 2.06. The van der Waals surface area contributed by atoms with Crippen LogP contribution >= 0.6 is 0 Å². The third-order valence-electron chi connectivity index (χ3n) is 4.33. The molecule has 1 fully saturated rings. The number of urea groups is 1. The molecule has 124 valence electrons. The maximum Gasteiger partial charge on any atom is 0.317 e. The fourth-order valence-corrected chi connectivity index (χ4v) is 3.12. The summed E-state index contributed by atoms with van der Waals surface area (Å²) in [6.45, 7) is 4.37. The summed E-state index contributed by atoms with van der Waals surface area (Å²) in [5, 5.41) is 14.1. The van der Waals surface area contributed by atoms with Gasteiger partial charge in [-0.25, -0.2) is 4.79 Å². The molecule has 1 aliphatic rings. The molecule has 1 aliphatic heterocycles. The summed E-state index contributed by atoms with van der Waals surface area (Å²) < 4.78 is 1.89. The van der Waals surface area contributed by atoms with Crippen LogP contribution in [-0.4, -0.2) is 44.0 Å². The van der Waals surface area contributed by atoms with Crippen LogP contribution in [0.5, 0.6) is 0 Å². The molecular weight excluding hydrogens is 292 g/mol.